The Morgan fingerprint density at radius 3 is 2.59 bits per heavy atom. The van der Waals surface area contributed by atoms with Crippen LogP contribution in [-0.4, -0.2) is 22.1 Å². The number of aromatic nitrogens is 2. The molecule has 1 aromatic heterocycles. The fraction of sp³-hybridized carbons (Fsp3) is 0.444. The van der Waals surface area contributed by atoms with E-state index in [0.29, 0.717) is 18.4 Å². The summed E-state index contributed by atoms with van der Waals surface area (Å²) in [5.41, 5.74) is -1.57. The highest BCUT2D eigenvalue weighted by molar-refractivity contribution is 5.44. The van der Waals surface area contributed by atoms with Crippen LogP contribution in [0.1, 0.15) is 31.4 Å². The predicted molar refractivity (Wildman–Crippen MR) is 91.3 cm³/mol. The molecule has 27 heavy (non-hydrogen) atoms. The first-order valence-corrected chi connectivity index (χ1v) is 8.54. The van der Waals surface area contributed by atoms with E-state index in [2.05, 4.69) is 9.88 Å². The third kappa shape index (κ3) is 4.06. The normalized spacial score (nSPS) is 14.4. The smallest absolute Gasteiger partial charge is 0.419 e. The maximum atomic E-state index is 13.6. The minimum Gasteiger partial charge on any atom is -0.473 e. The Morgan fingerprint density at radius 1 is 1.22 bits per heavy atom. The molecular weight excluding hydrogens is 366 g/mol. The number of hydrogen-bond donors (Lipinski definition) is 0. The molecule has 0 N–H and O–H groups in total. The molecule has 5 nitrogen and oxygen atoms in total. The molecule has 0 amide bonds. The van der Waals surface area contributed by atoms with E-state index in [9.17, 15) is 22.4 Å². The summed E-state index contributed by atoms with van der Waals surface area (Å²) >= 11 is 0. The van der Waals surface area contributed by atoms with E-state index in [-0.39, 0.29) is 24.1 Å². The Kier molecular flexibility index (Phi) is 5.12. The molecule has 0 radical (unpaired) electrons. The van der Waals surface area contributed by atoms with Crippen molar-refractivity contribution in [2.24, 2.45) is 0 Å². The lowest BCUT2D eigenvalue weighted by Crippen LogP contribution is -2.42. The predicted octanol–water partition coefficient (Wildman–Crippen LogP) is 3.60. The van der Waals surface area contributed by atoms with E-state index in [0.717, 1.165) is 25.1 Å². The van der Waals surface area contributed by atoms with Gasteiger partial charge in [0.05, 0.1) is 5.56 Å². The zero-order valence-corrected chi connectivity index (χ0v) is 14.9. The van der Waals surface area contributed by atoms with Crippen molar-refractivity contribution in [2.45, 2.75) is 45.6 Å². The molecule has 0 unspecified atom stereocenters. The third-order valence-corrected chi connectivity index (χ3v) is 4.39. The molecule has 0 spiro atoms. The molecule has 2 heterocycles. The molecule has 0 saturated heterocycles. The van der Waals surface area contributed by atoms with Crippen LogP contribution in [0.15, 0.2) is 29.1 Å². The number of alkyl halides is 3. The highest BCUT2D eigenvalue weighted by Gasteiger charge is 2.33. The molecule has 2 aromatic rings. The van der Waals surface area contributed by atoms with E-state index in [1.807, 2.05) is 13.8 Å². The number of halogens is 4. The zero-order chi connectivity index (χ0) is 19.8. The summed E-state index contributed by atoms with van der Waals surface area (Å²) in [7, 11) is 0. The molecule has 0 saturated carbocycles. The lowest BCUT2D eigenvalue weighted by atomic mass is 10.1. The van der Waals surface area contributed by atoms with Gasteiger partial charge in [0, 0.05) is 25.2 Å². The highest BCUT2D eigenvalue weighted by Crippen LogP contribution is 2.31. The number of fused-ring (bicyclic) bond motifs is 1. The van der Waals surface area contributed by atoms with Gasteiger partial charge in [-0.3, -0.25) is 4.57 Å². The summed E-state index contributed by atoms with van der Waals surface area (Å²) in [5, 5.41) is 0. The quantitative estimate of drug-likeness (QED) is 0.755. The fourth-order valence-corrected chi connectivity index (χ4v) is 3.07. The Bertz CT molecular complexity index is 893. The van der Waals surface area contributed by atoms with Gasteiger partial charge in [0.25, 0.3) is 0 Å². The van der Waals surface area contributed by atoms with Crippen LogP contribution in [0.5, 0.6) is 5.88 Å². The second-order valence-electron chi connectivity index (χ2n) is 6.63. The summed E-state index contributed by atoms with van der Waals surface area (Å²) in [6.07, 6.45) is -3.92. The summed E-state index contributed by atoms with van der Waals surface area (Å²) < 4.78 is 58.5. The van der Waals surface area contributed by atoms with Crippen molar-refractivity contribution in [1.29, 1.82) is 0 Å². The van der Waals surface area contributed by atoms with E-state index >= 15 is 0 Å². The molecule has 146 valence electrons. The topological polar surface area (TPSA) is 47.4 Å². The van der Waals surface area contributed by atoms with Crippen LogP contribution < -0.4 is 15.3 Å². The standard InChI is InChI=1S/C18H19F4N3O2/c1-11(2)24-6-3-7-25-16(24)9-15(23-17(25)26)27-10-12-4-5-13(14(19)8-12)18(20,21)22/h4-5,8-9,11H,3,6-7,10H2,1-2H3. The molecule has 0 atom stereocenters. The first-order chi connectivity index (χ1) is 12.7. The van der Waals surface area contributed by atoms with Crippen molar-refractivity contribution in [3.8, 4) is 5.88 Å². The monoisotopic (exact) mass is 385 g/mol. The van der Waals surface area contributed by atoms with Crippen molar-refractivity contribution < 1.29 is 22.3 Å². The Hall–Kier alpha value is -2.58. The van der Waals surface area contributed by atoms with Gasteiger partial charge < -0.3 is 9.64 Å². The average molecular weight is 385 g/mol. The van der Waals surface area contributed by atoms with Crippen molar-refractivity contribution in [3.05, 3.63) is 51.7 Å². The Balaban J connectivity index is 1.81. The number of anilines is 1. The van der Waals surface area contributed by atoms with E-state index in [4.69, 9.17) is 4.74 Å². The molecule has 3 rings (SSSR count). The second-order valence-corrected chi connectivity index (χ2v) is 6.63. The Morgan fingerprint density at radius 2 is 1.96 bits per heavy atom. The minimum atomic E-state index is -4.75. The van der Waals surface area contributed by atoms with Gasteiger partial charge in [-0.25, -0.2) is 9.18 Å². The summed E-state index contributed by atoms with van der Waals surface area (Å²) in [5.74, 6) is -0.628. The summed E-state index contributed by atoms with van der Waals surface area (Å²) in [4.78, 5) is 18.1. The molecule has 0 bridgehead atoms. The fourth-order valence-electron chi connectivity index (χ4n) is 3.07. The van der Waals surface area contributed by atoms with Gasteiger partial charge in [-0.1, -0.05) is 6.07 Å². The second kappa shape index (κ2) is 7.21. The first-order valence-electron chi connectivity index (χ1n) is 8.54. The van der Waals surface area contributed by atoms with Gasteiger partial charge in [-0.2, -0.15) is 18.2 Å². The van der Waals surface area contributed by atoms with Gasteiger partial charge >= 0.3 is 11.9 Å². The third-order valence-electron chi connectivity index (χ3n) is 4.39. The van der Waals surface area contributed by atoms with Crippen molar-refractivity contribution in [3.63, 3.8) is 0 Å². The number of benzene rings is 1. The van der Waals surface area contributed by atoms with E-state index in [1.54, 1.807) is 10.6 Å². The molecule has 1 aromatic carbocycles. The molecular formula is C18H19F4N3O2. The van der Waals surface area contributed by atoms with Gasteiger partial charge in [-0.05, 0) is 38.0 Å². The van der Waals surface area contributed by atoms with Crippen LogP contribution in [0, 0.1) is 5.82 Å². The van der Waals surface area contributed by atoms with Crippen LogP contribution in [0.25, 0.3) is 0 Å². The maximum absolute atomic E-state index is 13.6. The van der Waals surface area contributed by atoms with Crippen molar-refractivity contribution in [1.82, 2.24) is 9.55 Å². The molecule has 9 heteroatoms. The van der Waals surface area contributed by atoms with Crippen LogP contribution in [0.4, 0.5) is 23.4 Å². The largest absolute Gasteiger partial charge is 0.473 e. The number of nitrogens with zero attached hydrogens (tertiary/aromatic N) is 3. The summed E-state index contributed by atoms with van der Waals surface area (Å²) in [6.45, 7) is 5.17. The molecule has 0 fully saturated rings. The number of ether oxygens (including phenoxy) is 1. The van der Waals surface area contributed by atoms with Crippen LogP contribution in [0.3, 0.4) is 0 Å². The Labute approximate surface area is 153 Å². The number of rotatable bonds is 4. The minimum absolute atomic E-state index is 0.0547. The van der Waals surface area contributed by atoms with Gasteiger partial charge in [-0.15, -0.1) is 0 Å². The highest BCUT2D eigenvalue weighted by atomic mass is 19.4. The number of hydrogen-bond acceptors (Lipinski definition) is 4. The lowest BCUT2D eigenvalue weighted by Gasteiger charge is -2.34. The first kappa shape index (κ1) is 19.2. The SMILES string of the molecule is CC(C)N1CCCn2c1cc(OCc1ccc(C(F)(F)F)c(F)c1)nc2=O. The van der Waals surface area contributed by atoms with Gasteiger partial charge in [0.2, 0.25) is 5.88 Å². The summed E-state index contributed by atoms with van der Waals surface area (Å²) in [6, 6.07) is 4.38. The van der Waals surface area contributed by atoms with Gasteiger partial charge in [0.1, 0.15) is 18.2 Å². The van der Waals surface area contributed by atoms with Crippen LogP contribution >= 0.6 is 0 Å². The van der Waals surface area contributed by atoms with Crippen LogP contribution in [-0.2, 0) is 19.3 Å². The molecule has 0 aliphatic carbocycles. The van der Waals surface area contributed by atoms with Crippen LogP contribution in [0.2, 0.25) is 0 Å². The maximum Gasteiger partial charge on any atom is 0.419 e. The molecule has 1 aliphatic heterocycles. The van der Waals surface area contributed by atoms with E-state index in [1.165, 1.54) is 0 Å². The molecule has 1 aliphatic rings. The van der Waals surface area contributed by atoms with Gasteiger partial charge in [0.15, 0.2) is 0 Å². The van der Waals surface area contributed by atoms with Crippen molar-refractivity contribution in [2.75, 3.05) is 11.4 Å². The zero-order valence-electron chi connectivity index (χ0n) is 14.9. The lowest BCUT2D eigenvalue weighted by molar-refractivity contribution is -0.140. The van der Waals surface area contributed by atoms with E-state index < -0.39 is 23.2 Å². The average Bonchev–Trinajstić information content (AvgIpc) is 2.58. The van der Waals surface area contributed by atoms with Crippen molar-refractivity contribution >= 4 is 5.82 Å².